The van der Waals surface area contributed by atoms with Crippen LogP contribution in [0.2, 0.25) is 0 Å². The molecule has 3 rings (SSSR count). The van der Waals surface area contributed by atoms with Crippen molar-refractivity contribution < 1.29 is 9.64 Å². The summed E-state index contributed by atoms with van der Waals surface area (Å²) >= 11 is 5.35. The molecule has 0 saturated carbocycles. The van der Waals surface area contributed by atoms with Gasteiger partial charge in [0, 0.05) is 31.4 Å². The number of ether oxygens (including phenoxy) is 1. The lowest BCUT2D eigenvalue weighted by molar-refractivity contribution is -0.908. The average molecular weight is 428 g/mol. The molecule has 0 spiro atoms. The lowest BCUT2D eigenvalue weighted by Gasteiger charge is -2.23. The van der Waals surface area contributed by atoms with E-state index in [2.05, 4.69) is 53.0 Å². The second-order valence-electron chi connectivity index (χ2n) is 7.70. The van der Waals surface area contributed by atoms with Gasteiger partial charge in [0.05, 0.1) is 30.8 Å². The van der Waals surface area contributed by atoms with Crippen LogP contribution >= 0.6 is 12.2 Å². The molecule has 160 valence electrons. The van der Waals surface area contributed by atoms with Gasteiger partial charge in [-0.05, 0) is 55.4 Å². The lowest BCUT2D eigenvalue weighted by atomic mass is 10.0. The zero-order valence-corrected chi connectivity index (χ0v) is 18.6. The minimum atomic E-state index is 0.553. The number of aromatic nitrogens is 1. The first kappa shape index (κ1) is 22.2. The smallest absolute Gasteiger partial charge is 0.166 e. The predicted molar refractivity (Wildman–Crippen MR) is 124 cm³/mol. The van der Waals surface area contributed by atoms with Crippen molar-refractivity contribution in [3.8, 4) is 6.07 Å². The molecule has 1 fully saturated rings. The minimum absolute atomic E-state index is 0.553. The molecular formula is C22H31N6OS+. The Labute approximate surface area is 183 Å². The molecule has 2 heterocycles. The fourth-order valence-electron chi connectivity index (χ4n) is 3.53. The lowest BCUT2D eigenvalue weighted by Crippen LogP contribution is -3.14. The SMILES string of the molecule is Cc1cc2cc(C#N)c(NCCNC(=S)NCCC[NH+]3CCOCC3)nc2cc1C. The van der Waals surface area contributed by atoms with Crippen molar-refractivity contribution in [3.63, 3.8) is 0 Å². The van der Waals surface area contributed by atoms with Gasteiger partial charge in [0.2, 0.25) is 0 Å². The van der Waals surface area contributed by atoms with Gasteiger partial charge in [-0.15, -0.1) is 0 Å². The number of fused-ring (bicyclic) bond motifs is 1. The molecule has 0 aliphatic carbocycles. The highest BCUT2D eigenvalue weighted by atomic mass is 32.1. The third-order valence-corrected chi connectivity index (χ3v) is 5.73. The molecule has 1 aliphatic heterocycles. The van der Waals surface area contributed by atoms with Crippen LogP contribution in [0.4, 0.5) is 5.82 Å². The molecule has 0 amide bonds. The Hall–Kier alpha value is -2.47. The summed E-state index contributed by atoms with van der Waals surface area (Å²) in [6.45, 7) is 11.4. The van der Waals surface area contributed by atoms with Crippen molar-refractivity contribution in [1.82, 2.24) is 15.6 Å². The molecule has 2 aromatic rings. The van der Waals surface area contributed by atoms with Gasteiger partial charge in [0.25, 0.3) is 0 Å². The molecule has 0 atom stereocenters. The van der Waals surface area contributed by atoms with Crippen LogP contribution in [0.5, 0.6) is 0 Å². The number of nitrogens with one attached hydrogen (secondary N) is 4. The number of thiocarbonyl (C=S) groups is 1. The van der Waals surface area contributed by atoms with Crippen molar-refractivity contribution in [1.29, 1.82) is 5.26 Å². The maximum Gasteiger partial charge on any atom is 0.166 e. The van der Waals surface area contributed by atoms with Crippen molar-refractivity contribution in [2.45, 2.75) is 20.3 Å². The maximum absolute atomic E-state index is 9.48. The number of anilines is 1. The topological polar surface area (TPSA) is 86.4 Å². The Kier molecular flexibility index (Phi) is 8.20. The van der Waals surface area contributed by atoms with Gasteiger partial charge in [-0.3, -0.25) is 0 Å². The highest BCUT2D eigenvalue weighted by Crippen LogP contribution is 2.23. The van der Waals surface area contributed by atoms with E-state index in [4.69, 9.17) is 17.0 Å². The zero-order valence-electron chi connectivity index (χ0n) is 17.8. The number of hydrogen-bond donors (Lipinski definition) is 4. The highest BCUT2D eigenvalue weighted by molar-refractivity contribution is 7.80. The zero-order chi connectivity index (χ0) is 21.3. The van der Waals surface area contributed by atoms with Crippen LogP contribution in [0.1, 0.15) is 23.1 Å². The molecule has 1 aromatic heterocycles. The quantitative estimate of drug-likeness (QED) is 0.368. The molecule has 8 heteroatoms. The average Bonchev–Trinajstić information content (AvgIpc) is 2.75. The van der Waals surface area contributed by atoms with Crippen LogP contribution in [0.3, 0.4) is 0 Å². The number of quaternary nitrogens is 1. The summed E-state index contributed by atoms with van der Waals surface area (Å²) in [5.41, 5.74) is 3.84. The van der Waals surface area contributed by atoms with Gasteiger partial charge in [-0.2, -0.15) is 5.26 Å². The van der Waals surface area contributed by atoms with Crippen LogP contribution < -0.4 is 20.9 Å². The molecule has 0 bridgehead atoms. The molecule has 30 heavy (non-hydrogen) atoms. The van der Waals surface area contributed by atoms with Crippen molar-refractivity contribution in [2.75, 3.05) is 57.8 Å². The summed E-state index contributed by atoms with van der Waals surface area (Å²) in [5.74, 6) is 0.613. The van der Waals surface area contributed by atoms with Crippen LogP contribution in [-0.4, -0.2) is 62.6 Å². The van der Waals surface area contributed by atoms with Crippen molar-refractivity contribution >= 4 is 34.1 Å². The maximum atomic E-state index is 9.48. The number of pyridine rings is 1. The Morgan fingerprint density at radius 1 is 1.13 bits per heavy atom. The summed E-state index contributed by atoms with van der Waals surface area (Å²) in [5, 5.41) is 20.8. The van der Waals surface area contributed by atoms with Crippen LogP contribution in [0.15, 0.2) is 18.2 Å². The Bertz CT molecular complexity index is 920. The molecule has 7 nitrogen and oxygen atoms in total. The third kappa shape index (κ3) is 6.26. The molecule has 4 N–H and O–H groups in total. The predicted octanol–water partition coefficient (Wildman–Crippen LogP) is 0.905. The van der Waals surface area contributed by atoms with E-state index in [9.17, 15) is 5.26 Å². The summed E-state index contributed by atoms with van der Waals surface area (Å²) in [7, 11) is 0. The van der Waals surface area contributed by atoms with Crippen LogP contribution in [-0.2, 0) is 4.74 Å². The van der Waals surface area contributed by atoms with E-state index in [1.807, 2.05) is 6.07 Å². The molecule has 1 aliphatic rings. The Morgan fingerprint density at radius 2 is 1.87 bits per heavy atom. The van der Waals surface area contributed by atoms with Gasteiger partial charge in [-0.1, -0.05) is 0 Å². The van der Waals surface area contributed by atoms with E-state index >= 15 is 0 Å². The number of benzene rings is 1. The molecule has 0 unspecified atom stereocenters. The van der Waals surface area contributed by atoms with E-state index in [-0.39, 0.29) is 0 Å². The van der Waals surface area contributed by atoms with Crippen LogP contribution in [0.25, 0.3) is 10.9 Å². The number of aryl methyl sites for hydroxylation is 2. The van der Waals surface area contributed by atoms with E-state index in [0.29, 0.717) is 29.6 Å². The molecule has 1 aromatic carbocycles. The van der Waals surface area contributed by atoms with Crippen molar-refractivity contribution in [2.24, 2.45) is 0 Å². The largest absolute Gasteiger partial charge is 0.370 e. The molecule has 1 saturated heterocycles. The number of morpholine rings is 1. The highest BCUT2D eigenvalue weighted by Gasteiger charge is 2.12. The number of rotatable bonds is 8. The van der Waals surface area contributed by atoms with E-state index in [0.717, 1.165) is 56.7 Å². The molecule has 0 radical (unpaired) electrons. The number of nitriles is 1. The summed E-state index contributed by atoms with van der Waals surface area (Å²) in [6.07, 6.45) is 1.08. The van der Waals surface area contributed by atoms with Gasteiger partial charge in [0.1, 0.15) is 25.0 Å². The van der Waals surface area contributed by atoms with E-state index in [1.165, 1.54) is 11.1 Å². The number of nitrogens with zero attached hydrogens (tertiary/aromatic N) is 2. The number of hydrogen-bond acceptors (Lipinski definition) is 5. The van der Waals surface area contributed by atoms with Gasteiger partial charge in [-0.25, -0.2) is 4.98 Å². The fourth-order valence-corrected chi connectivity index (χ4v) is 3.73. The summed E-state index contributed by atoms with van der Waals surface area (Å²) in [4.78, 5) is 6.25. The third-order valence-electron chi connectivity index (χ3n) is 5.45. The second-order valence-corrected chi connectivity index (χ2v) is 8.11. The Morgan fingerprint density at radius 3 is 2.63 bits per heavy atom. The minimum Gasteiger partial charge on any atom is -0.370 e. The first-order chi connectivity index (χ1) is 14.6. The summed E-state index contributed by atoms with van der Waals surface area (Å²) < 4.78 is 5.38. The van der Waals surface area contributed by atoms with Gasteiger partial charge in [0.15, 0.2) is 5.11 Å². The van der Waals surface area contributed by atoms with Gasteiger partial charge < -0.3 is 25.6 Å². The summed E-state index contributed by atoms with van der Waals surface area (Å²) in [6, 6.07) is 8.28. The first-order valence-corrected chi connectivity index (χ1v) is 11.0. The normalized spacial score (nSPS) is 14.3. The monoisotopic (exact) mass is 427 g/mol. The van der Waals surface area contributed by atoms with Crippen molar-refractivity contribution in [3.05, 3.63) is 34.9 Å². The first-order valence-electron chi connectivity index (χ1n) is 10.6. The van der Waals surface area contributed by atoms with E-state index in [1.54, 1.807) is 4.90 Å². The Balaban J connectivity index is 1.40. The second kappa shape index (κ2) is 11.1. The van der Waals surface area contributed by atoms with Crippen LogP contribution in [0, 0.1) is 25.2 Å². The van der Waals surface area contributed by atoms with E-state index < -0.39 is 0 Å². The standard InChI is InChI=1S/C22H30N6OS/c1-16-12-18-14-19(15-23)21(27-20(18)13-17(16)2)24-5-6-26-22(30)25-4-3-7-28-8-10-29-11-9-28/h12-14H,3-11H2,1-2H3,(H,24,27)(H2,25,26,30)/p+1. The fraction of sp³-hybridized carbons (Fsp3) is 0.500. The molecular weight excluding hydrogens is 396 g/mol. The van der Waals surface area contributed by atoms with Gasteiger partial charge >= 0.3 is 0 Å².